The topological polar surface area (TPSA) is 108 Å². The molecule has 1 amide bonds. The summed E-state index contributed by atoms with van der Waals surface area (Å²) < 4.78 is 5.59. The van der Waals surface area contributed by atoms with Crippen molar-refractivity contribution in [2.24, 2.45) is 0 Å². The molecule has 3 N–H and O–H groups in total. The number of aromatic amines is 1. The van der Waals surface area contributed by atoms with Gasteiger partial charge in [-0.2, -0.15) is 5.10 Å². The first-order valence-electron chi connectivity index (χ1n) is 9.71. The van der Waals surface area contributed by atoms with Gasteiger partial charge in [-0.05, 0) is 39.0 Å². The number of amides is 1. The Morgan fingerprint density at radius 1 is 1.25 bits per heavy atom. The van der Waals surface area contributed by atoms with Crippen LogP contribution in [0.25, 0.3) is 0 Å². The lowest BCUT2D eigenvalue weighted by Gasteiger charge is -2.16. The number of carbonyl (C=O) groups excluding carboxylic acids is 1. The molecule has 150 valence electrons. The average Bonchev–Trinajstić information content (AvgIpc) is 3.04. The summed E-state index contributed by atoms with van der Waals surface area (Å²) in [4.78, 5) is 22.6. The lowest BCUT2D eigenvalue weighted by Crippen LogP contribution is -2.36. The van der Waals surface area contributed by atoms with Crippen LogP contribution >= 0.6 is 0 Å². The van der Waals surface area contributed by atoms with Gasteiger partial charge in [0.2, 0.25) is 0 Å². The minimum atomic E-state index is -0.294. The normalized spacial score (nSPS) is 22.5. The van der Waals surface area contributed by atoms with E-state index in [9.17, 15) is 4.79 Å². The molecule has 4 rings (SSSR count). The van der Waals surface area contributed by atoms with Gasteiger partial charge in [0, 0.05) is 37.3 Å². The summed E-state index contributed by atoms with van der Waals surface area (Å²) in [7, 11) is 3.84. The van der Waals surface area contributed by atoms with Gasteiger partial charge in [-0.25, -0.2) is 14.8 Å². The molecule has 2 atom stereocenters. The van der Waals surface area contributed by atoms with E-state index in [1.165, 1.54) is 0 Å². The predicted molar refractivity (Wildman–Crippen MR) is 106 cm³/mol. The second kappa shape index (κ2) is 7.29. The number of hydrogen-bond donors (Lipinski definition) is 3. The van der Waals surface area contributed by atoms with Crippen LogP contribution in [0.4, 0.5) is 22.2 Å². The van der Waals surface area contributed by atoms with Crippen LogP contribution in [0.3, 0.4) is 0 Å². The van der Waals surface area contributed by atoms with Gasteiger partial charge in [0.1, 0.15) is 17.7 Å². The van der Waals surface area contributed by atoms with Crippen molar-refractivity contribution in [1.29, 1.82) is 0 Å². The van der Waals surface area contributed by atoms with Crippen LogP contribution in [0.2, 0.25) is 0 Å². The van der Waals surface area contributed by atoms with Crippen molar-refractivity contribution in [1.82, 2.24) is 25.5 Å². The van der Waals surface area contributed by atoms with Gasteiger partial charge >= 0.3 is 6.09 Å². The summed E-state index contributed by atoms with van der Waals surface area (Å²) >= 11 is 0. The molecule has 2 aliphatic carbocycles. The van der Waals surface area contributed by atoms with Gasteiger partial charge in [0.25, 0.3) is 0 Å². The molecule has 2 aromatic heterocycles. The Morgan fingerprint density at radius 2 is 2.07 bits per heavy atom. The fraction of sp³-hybridized carbons (Fsp3) is 0.579. The highest BCUT2D eigenvalue weighted by Gasteiger charge is 2.40. The van der Waals surface area contributed by atoms with Crippen LogP contribution in [-0.4, -0.2) is 52.0 Å². The monoisotopic (exact) mass is 385 g/mol. The van der Waals surface area contributed by atoms with Crippen molar-refractivity contribution in [3.05, 3.63) is 24.2 Å². The zero-order valence-electron chi connectivity index (χ0n) is 16.5. The molecule has 0 spiro atoms. The summed E-state index contributed by atoms with van der Waals surface area (Å²) in [5.41, 5.74) is 0.994. The molecule has 0 saturated heterocycles. The molecule has 2 heterocycles. The molecule has 2 aromatic rings. The molecule has 0 aliphatic heterocycles. The van der Waals surface area contributed by atoms with Crippen molar-refractivity contribution in [3.8, 4) is 0 Å². The minimum absolute atomic E-state index is 0.0449. The standard InChI is InChI=1S/C19H27N7O2/c1-19(6-7-19)23-18(27)28-13-5-4-12(8-13)14-9-15(25-24-14)22-16-10-21-17(11-20-16)26(2)3/h9-13H,4-8H2,1-3H3,(H,23,27)(H2,20,22,24,25)/t12-,13+/m0/s1. The molecule has 2 fully saturated rings. The minimum Gasteiger partial charge on any atom is -0.446 e. The number of rotatable bonds is 6. The maximum Gasteiger partial charge on any atom is 0.407 e. The Kier molecular flexibility index (Phi) is 4.82. The third-order valence-electron chi connectivity index (χ3n) is 5.45. The molecule has 2 aliphatic rings. The van der Waals surface area contributed by atoms with Gasteiger partial charge in [-0.15, -0.1) is 0 Å². The third-order valence-corrected chi connectivity index (χ3v) is 5.45. The number of ether oxygens (including phenoxy) is 1. The summed E-state index contributed by atoms with van der Waals surface area (Å²) in [6.45, 7) is 2.04. The van der Waals surface area contributed by atoms with Crippen molar-refractivity contribution in [3.63, 3.8) is 0 Å². The quantitative estimate of drug-likeness (QED) is 0.701. The third kappa shape index (κ3) is 4.35. The van der Waals surface area contributed by atoms with E-state index in [4.69, 9.17) is 4.74 Å². The summed E-state index contributed by atoms with van der Waals surface area (Å²) in [6, 6.07) is 1.99. The molecule has 9 nitrogen and oxygen atoms in total. The SMILES string of the molecule is CN(C)c1cnc(Nc2cc([C@H]3CC[C@@H](OC(=O)NC4(C)CC4)C3)[nH]n2)cn1. The van der Waals surface area contributed by atoms with Crippen molar-refractivity contribution in [2.75, 3.05) is 24.3 Å². The van der Waals surface area contributed by atoms with Crippen molar-refractivity contribution >= 4 is 23.5 Å². The number of carbonyl (C=O) groups is 1. The number of nitrogens with one attached hydrogen (secondary N) is 3. The number of hydrogen-bond acceptors (Lipinski definition) is 7. The largest absolute Gasteiger partial charge is 0.446 e. The number of alkyl carbamates (subject to hydrolysis) is 1. The molecular weight excluding hydrogens is 358 g/mol. The molecular formula is C19H27N7O2. The van der Waals surface area contributed by atoms with Gasteiger partial charge in [0.15, 0.2) is 5.82 Å². The van der Waals surface area contributed by atoms with Gasteiger partial charge < -0.3 is 20.3 Å². The second-order valence-electron chi connectivity index (χ2n) is 8.21. The van der Waals surface area contributed by atoms with Crippen molar-refractivity contribution < 1.29 is 9.53 Å². The first kappa shape index (κ1) is 18.5. The Bertz CT molecular complexity index is 829. The van der Waals surface area contributed by atoms with E-state index in [2.05, 4.69) is 30.8 Å². The van der Waals surface area contributed by atoms with Gasteiger partial charge in [-0.3, -0.25) is 5.10 Å². The molecule has 0 unspecified atom stereocenters. The Hall–Kier alpha value is -2.84. The number of aromatic nitrogens is 4. The fourth-order valence-electron chi connectivity index (χ4n) is 3.43. The Morgan fingerprint density at radius 3 is 2.75 bits per heavy atom. The number of H-pyrrole nitrogens is 1. The predicted octanol–water partition coefficient (Wildman–Crippen LogP) is 2.92. The van der Waals surface area contributed by atoms with Crippen LogP contribution in [0.15, 0.2) is 18.5 Å². The molecule has 0 aromatic carbocycles. The Labute approximate surface area is 164 Å². The lowest BCUT2D eigenvalue weighted by molar-refractivity contribution is 0.0967. The van der Waals surface area contributed by atoms with Crippen LogP contribution in [0, 0.1) is 0 Å². The van der Waals surface area contributed by atoms with E-state index < -0.39 is 0 Å². The van der Waals surface area contributed by atoms with Crippen molar-refractivity contribution in [2.45, 2.75) is 56.6 Å². The smallest absolute Gasteiger partial charge is 0.407 e. The fourth-order valence-corrected chi connectivity index (χ4v) is 3.43. The highest BCUT2D eigenvalue weighted by atomic mass is 16.6. The maximum atomic E-state index is 12.0. The highest BCUT2D eigenvalue weighted by Crippen LogP contribution is 2.37. The van der Waals surface area contributed by atoms with E-state index in [1.54, 1.807) is 12.4 Å². The first-order chi connectivity index (χ1) is 13.4. The Balaban J connectivity index is 1.30. The molecule has 28 heavy (non-hydrogen) atoms. The number of nitrogens with zero attached hydrogens (tertiary/aromatic N) is 4. The molecule has 9 heteroatoms. The first-order valence-corrected chi connectivity index (χ1v) is 9.71. The zero-order valence-corrected chi connectivity index (χ0v) is 16.5. The zero-order chi connectivity index (χ0) is 19.7. The summed E-state index contributed by atoms with van der Waals surface area (Å²) in [5.74, 6) is 2.44. The average molecular weight is 385 g/mol. The number of anilines is 3. The molecule has 0 radical (unpaired) electrons. The van der Waals surface area contributed by atoms with E-state index in [-0.39, 0.29) is 17.7 Å². The van der Waals surface area contributed by atoms with E-state index >= 15 is 0 Å². The van der Waals surface area contributed by atoms with Gasteiger partial charge in [0.05, 0.1) is 12.4 Å². The molecule has 2 saturated carbocycles. The second-order valence-corrected chi connectivity index (χ2v) is 8.21. The van der Waals surface area contributed by atoms with E-state index in [0.29, 0.717) is 17.6 Å². The summed E-state index contributed by atoms with van der Waals surface area (Å²) in [5, 5.41) is 13.5. The van der Waals surface area contributed by atoms with E-state index in [1.807, 2.05) is 32.0 Å². The molecule has 0 bridgehead atoms. The van der Waals surface area contributed by atoms with E-state index in [0.717, 1.165) is 43.6 Å². The van der Waals surface area contributed by atoms with Crippen LogP contribution in [0.1, 0.15) is 50.6 Å². The lowest BCUT2D eigenvalue weighted by atomic mass is 10.0. The van der Waals surface area contributed by atoms with Crippen LogP contribution < -0.4 is 15.5 Å². The van der Waals surface area contributed by atoms with Crippen LogP contribution in [0.5, 0.6) is 0 Å². The van der Waals surface area contributed by atoms with Gasteiger partial charge in [-0.1, -0.05) is 0 Å². The maximum absolute atomic E-state index is 12.0. The highest BCUT2D eigenvalue weighted by molar-refractivity contribution is 5.69. The summed E-state index contributed by atoms with van der Waals surface area (Å²) in [6.07, 6.45) is 7.76. The van der Waals surface area contributed by atoms with Crippen LogP contribution in [-0.2, 0) is 4.74 Å².